The van der Waals surface area contributed by atoms with E-state index in [0.29, 0.717) is 17.9 Å². The lowest BCUT2D eigenvalue weighted by Gasteiger charge is -2.17. The van der Waals surface area contributed by atoms with Crippen molar-refractivity contribution in [1.82, 2.24) is 15.2 Å². The van der Waals surface area contributed by atoms with Gasteiger partial charge in [0.05, 0.1) is 5.56 Å². The molecule has 1 aliphatic rings. The number of hydrogen-bond acceptors (Lipinski definition) is 4. The van der Waals surface area contributed by atoms with Crippen LogP contribution in [0.3, 0.4) is 0 Å². The van der Waals surface area contributed by atoms with E-state index in [4.69, 9.17) is 4.74 Å². The van der Waals surface area contributed by atoms with Gasteiger partial charge in [0, 0.05) is 30.9 Å². The number of carbonyl (C=O) groups excluding carboxylic acids is 1. The quantitative estimate of drug-likeness (QED) is 0.517. The fourth-order valence-corrected chi connectivity index (χ4v) is 3.75. The van der Waals surface area contributed by atoms with Gasteiger partial charge in [-0.05, 0) is 67.4 Å². The number of alkyl halides is 3. The maximum absolute atomic E-state index is 12.6. The van der Waals surface area contributed by atoms with Crippen LogP contribution in [0.5, 0.6) is 11.6 Å². The van der Waals surface area contributed by atoms with E-state index in [1.807, 2.05) is 18.2 Å². The highest BCUT2D eigenvalue weighted by molar-refractivity contribution is 5.94. The van der Waals surface area contributed by atoms with E-state index in [1.54, 1.807) is 24.3 Å². The highest BCUT2D eigenvalue weighted by Gasteiger charge is 2.30. The van der Waals surface area contributed by atoms with Gasteiger partial charge in [0.1, 0.15) is 5.75 Å². The molecule has 3 aromatic rings. The van der Waals surface area contributed by atoms with E-state index in [1.165, 1.54) is 18.4 Å². The number of carbonyl (C=O) groups is 1. The number of pyridine rings is 1. The molecule has 0 saturated carbocycles. The highest BCUT2D eigenvalue weighted by Crippen LogP contribution is 2.30. The van der Waals surface area contributed by atoms with Gasteiger partial charge in [-0.15, -0.1) is 0 Å². The average Bonchev–Trinajstić information content (AvgIpc) is 3.32. The van der Waals surface area contributed by atoms with Gasteiger partial charge >= 0.3 is 6.18 Å². The van der Waals surface area contributed by atoms with Crippen molar-refractivity contribution in [3.05, 3.63) is 89.1 Å². The summed E-state index contributed by atoms with van der Waals surface area (Å²) in [5.41, 5.74) is 1.92. The Bertz CT molecular complexity index is 1080. The second-order valence-corrected chi connectivity index (χ2v) is 7.94. The van der Waals surface area contributed by atoms with Crippen molar-refractivity contribution in [2.45, 2.75) is 32.1 Å². The van der Waals surface area contributed by atoms with Crippen molar-refractivity contribution in [2.24, 2.45) is 0 Å². The Balaban J connectivity index is 1.33. The summed E-state index contributed by atoms with van der Waals surface area (Å²) in [5, 5.41) is 2.95. The first-order chi connectivity index (χ1) is 15.9. The Hall–Kier alpha value is -3.39. The van der Waals surface area contributed by atoms with Gasteiger partial charge in [-0.1, -0.05) is 24.3 Å². The summed E-state index contributed by atoms with van der Waals surface area (Å²) in [5.74, 6) is 0.190. The topological polar surface area (TPSA) is 54.5 Å². The molecule has 0 spiro atoms. The Morgan fingerprint density at radius 3 is 2.30 bits per heavy atom. The zero-order valence-electron chi connectivity index (χ0n) is 17.9. The summed E-state index contributed by atoms with van der Waals surface area (Å²) in [4.78, 5) is 18.7. The lowest BCUT2D eigenvalue weighted by Crippen LogP contribution is -2.25. The molecule has 33 heavy (non-hydrogen) atoms. The zero-order valence-corrected chi connectivity index (χ0v) is 17.9. The van der Waals surface area contributed by atoms with Crippen molar-refractivity contribution in [3.63, 3.8) is 0 Å². The normalized spacial score (nSPS) is 14.3. The Labute approximate surface area is 190 Å². The van der Waals surface area contributed by atoms with E-state index in [-0.39, 0.29) is 11.8 Å². The lowest BCUT2D eigenvalue weighted by molar-refractivity contribution is -0.137. The molecule has 1 saturated heterocycles. The van der Waals surface area contributed by atoms with Crippen molar-refractivity contribution in [3.8, 4) is 11.6 Å². The Morgan fingerprint density at radius 1 is 0.970 bits per heavy atom. The third kappa shape index (κ3) is 6.10. The molecule has 4 rings (SSSR count). The first-order valence-electron chi connectivity index (χ1n) is 10.8. The summed E-state index contributed by atoms with van der Waals surface area (Å²) < 4.78 is 43.4. The molecule has 2 heterocycles. The minimum Gasteiger partial charge on any atom is -0.439 e. The van der Waals surface area contributed by atoms with Gasteiger partial charge < -0.3 is 10.1 Å². The fraction of sp³-hybridized carbons (Fsp3) is 0.280. The first kappa shape index (κ1) is 22.8. The number of likely N-dealkylation sites (tertiary alicyclic amines) is 1. The molecule has 1 N–H and O–H groups in total. The van der Waals surface area contributed by atoms with Crippen molar-refractivity contribution < 1.29 is 22.7 Å². The molecule has 5 nitrogen and oxygen atoms in total. The predicted molar refractivity (Wildman–Crippen MR) is 118 cm³/mol. The van der Waals surface area contributed by atoms with E-state index in [2.05, 4.69) is 21.3 Å². The van der Waals surface area contributed by atoms with Crippen LogP contribution in [0, 0.1) is 0 Å². The highest BCUT2D eigenvalue weighted by atomic mass is 19.4. The standard InChI is InChI=1S/C25H24F3N3O2/c26-25(27,28)21-9-12-23(29-16-21)33-22-10-7-18(8-11-22)24(32)30-15-19-5-1-2-6-20(19)17-31-13-3-4-14-31/h1-2,5-12,16H,3-4,13-15,17H2,(H,30,32). The molecular formula is C25H24F3N3O2. The molecule has 0 aliphatic carbocycles. The molecule has 0 atom stereocenters. The minimum atomic E-state index is -4.45. The summed E-state index contributed by atoms with van der Waals surface area (Å²) in [6.07, 6.45) is -1.27. The van der Waals surface area contributed by atoms with Crippen LogP contribution >= 0.6 is 0 Å². The van der Waals surface area contributed by atoms with Crippen molar-refractivity contribution >= 4 is 5.91 Å². The van der Waals surface area contributed by atoms with Gasteiger partial charge in [-0.25, -0.2) is 4.98 Å². The number of amides is 1. The zero-order chi connectivity index (χ0) is 23.3. The smallest absolute Gasteiger partial charge is 0.417 e. The average molecular weight is 455 g/mol. The second kappa shape index (κ2) is 10.0. The maximum atomic E-state index is 12.6. The first-order valence-corrected chi connectivity index (χ1v) is 10.8. The molecule has 1 aromatic heterocycles. The fourth-order valence-electron chi connectivity index (χ4n) is 3.75. The number of hydrogen-bond donors (Lipinski definition) is 1. The molecule has 1 aliphatic heterocycles. The lowest BCUT2D eigenvalue weighted by atomic mass is 10.1. The Kier molecular flexibility index (Phi) is 6.93. The number of nitrogens with one attached hydrogen (secondary N) is 1. The van der Waals surface area contributed by atoms with Crippen LogP contribution in [0.4, 0.5) is 13.2 Å². The third-order valence-corrected chi connectivity index (χ3v) is 5.55. The largest absolute Gasteiger partial charge is 0.439 e. The molecule has 0 unspecified atom stereocenters. The van der Waals surface area contributed by atoms with Crippen LogP contribution in [0.25, 0.3) is 0 Å². The Morgan fingerprint density at radius 2 is 1.67 bits per heavy atom. The number of benzene rings is 2. The second-order valence-electron chi connectivity index (χ2n) is 7.94. The van der Waals surface area contributed by atoms with Crippen LogP contribution in [0.2, 0.25) is 0 Å². The molecule has 0 radical (unpaired) electrons. The van der Waals surface area contributed by atoms with Crippen LogP contribution in [-0.4, -0.2) is 28.9 Å². The van der Waals surface area contributed by atoms with Crippen molar-refractivity contribution in [2.75, 3.05) is 13.1 Å². The van der Waals surface area contributed by atoms with Crippen LogP contribution in [0.1, 0.15) is 39.9 Å². The molecular weight excluding hydrogens is 431 g/mol. The van der Waals surface area contributed by atoms with Gasteiger partial charge in [-0.3, -0.25) is 9.69 Å². The summed E-state index contributed by atoms with van der Waals surface area (Å²) >= 11 is 0. The van der Waals surface area contributed by atoms with Crippen LogP contribution < -0.4 is 10.1 Å². The number of ether oxygens (including phenoxy) is 1. The molecule has 0 bridgehead atoms. The van der Waals surface area contributed by atoms with E-state index >= 15 is 0 Å². The monoisotopic (exact) mass is 455 g/mol. The number of aromatic nitrogens is 1. The predicted octanol–water partition coefficient (Wildman–Crippen LogP) is 5.42. The van der Waals surface area contributed by atoms with E-state index in [9.17, 15) is 18.0 Å². The van der Waals surface area contributed by atoms with Gasteiger partial charge in [0.2, 0.25) is 5.88 Å². The van der Waals surface area contributed by atoms with Gasteiger partial charge in [0.15, 0.2) is 0 Å². The number of rotatable bonds is 7. The maximum Gasteiger partial charge on any atom is 0.417 e. The van der Waals surface area contributed by atoms with E-state index in [0.717, 1.165) is 43.5 Å². The molecule has 172 valence electrons. The third-order valence-electron chi connectivity index (χ3n) is 5.55. The molecule has 1 fully saturated rings. The molecule has 2 aromatic carbocycles. The van der Waals surface area contributed by atoms with Gasteiger partial charge in [0.25, 0.3) is 5.91 Å². The van der Waals surface area contributed by atoms with Crippen molar-refractivity contribution in [1.29, 1.82) is 0 Å². The minimum absolute atomic E-state index is 0.0369. The molecule has 8 heteroatoms. The molecule has 1 amide bonds. The van der Waals surface area contributed by atoms with Crippen LogP contribution in [-0.2, 0) is 19.3 Å². The van der Waals surface area contributed by atoms with E-state index < -0.39 is 11.7 Å². The van der Waals surface area contributed by atoms with Crippen LogP contribution in [0.15, 0.2) is 66.9 Å². The summed E-state index contributed by atoms with van der Waals surface area (Å²) in [7, 11) is 0. The number of halogens is 3. The summed E-state index contributed by atoms with van der Waals surface area (Å²) in [6, 6.07) is 16.5. The SMILES string of the molecule is O=C(NCc1ccccc1CN1CCCC1)c1ccc(Oc2ccc(C(F)(F)F)cn2)cc1. The summed E-state index contributed by atoms with van der Waals surface area (Å²) in [6.45, 7) is 3.53. The number of nitrogens with zero attached hydrogens (tertiary/aromatic N) is 2. The van der Waals surface area contributed by atoms with Gasteiger partial charge in [-0.2, -0.15) is 13.2 Å².